The standard InChI is InChI=1S/C19H22BNO4S/c1-25-14-7-5-13(6-8-14)12-21-18(22)17-15(11-16(26-17)20(23)24)19(21)9-3-2-4-10-19/h5-8,11,23-24H,2-4,9-10,12H2,1H3. The van der Waals surface area contributed by atoms with E-state index in [9.17, 15) is 14.8 Å². The van der Waals surface area contributed by atoms with Crippen LogP contribution in [0.15, 0.2) is 30.3 Å². The lowest BCUT2D eigenvalue weighted by Crippen LogP contribution is -2.45. The third-order valence-corrected chi connectivity index (χ3v) is 6.81. The van der Waals surface area contributed by atoms with Crippen molar-refractivity contribution in [1.82, 2.24) is 4.90 Å². The normalized spacial score (nSPS) is 18.3. The molecule has 1 fully saturated rings. The Balaban J connectivity index is 1.71. The molecule has 5 nitrogen and oxygen atoms in total. The molecule has 4 rings (SSSR count). The fraction of sp³-hybridized carbons (Fsp3) is 0.421. The van der Waals surface area contributed by atoms with Crippen molar-refractivity contribution in [2.24, 2.45) is 0 Å². The zero-order chi connectivity index (χ0) is 18.3. The molecule has 0 unspecified atom stereocenters. The van der Waals surface area contributed by atoms with Gasteiger partial charge in [-0.05, 0) is 36.6 Å². The number of fused-ring (bicyclic) bond motifs is 2. The summed E-state index contributed by atoms with van der Waals surface area (Å²) in [4.78, 5) is 15.9. The smallest absolute Gasteiger partial charge is 0.497 e. The van der Waals surface area contributed by atoms with Gasteiger partial charge in [0.2, 0.25) is 0 Å². The van der Waals surface area contributed by atoms with Gasteiger partial charge in [-0.25, -0.2) is 0 Å². The fourth-order valence-corrected chi connectivity index (χ4v) is 5.39. The Bertz CT molecular complexity index is 811. The van der Waals surface area contributed by atoms with Crippen LogP contribution in [-0.2, 0) is 12.1 Å². The summed E-state index contributed by atoms with van der Waals surface area (Å²) in [5.74, 6) is 0.809. The average molecular weight is 371 g/mol. The molecule has 26 heavy (non-hydrogen) atoms. The third kappa shape index (κ3) is 2.75. The molecule has 1 aromatic heterocycles. The molecule has 0 saturated heterocycles. The number of ether oxygens (including phenoxy) is 1. The number of thiophene rings is 1. The first-order chi connectivity index (χ1) is 12.5. The molecule has 2 N–H and O–H groups in total. The second kappa shape index (κ2) is 6.72. The molecule has 2 aliphatic rings. The van der Waals surface area contributed by atoms with Crippen LogP contribution in [0.3, 0.4) is 0 Å². The predicted octanol–water partition coefficient (Wildman–Crippen LogP) is 2.25. The third-order valence-electron chi connectivity index (χ3n) is 5.64. The summed E-state index contributed by atoms with van der Waals surface area (Å²) in [7, 11) is 0.121. The zero-order valence-corrected chi connectivity index (χ0v) is 15.6. The Hall–Kier alpha value is -1.83. The van der Waals surface area contributed by atoms with E-state index in [0.717, 1.165) is 42.6 Å². The first-order valence-corrected chi connectivity index (χ1v) is 9.82. The lowest BCUT2D eigenvalue weighted by molar-refractivity contribution is 0.0388. The molecule has 1 aromatic carbocycles. The molecule has 0 radical (unpaired) electrons. The van der Waals surface area contributed by atoms with Gasteiger partial charge in [0.25, 0.3) is 5.91 Å². The molecule has 1 amide bonds. The van der Waals surface area contributed by atoms with E-state index in [-0.39, 0.29) is 11.4 Å². The Morgan fingerprint density at radius 2 is 1.88 bits per heavy atom. The van der Waals surface area contributed by atoms with Crippen LogP contribution in [0.1, 0.15) is 52.9 Å². The van der Waals surface area contributed by atoms with Crippen LogP contribution < -0.4 is 9.51 Å². The molecular weight excluding hydrogens is 349 g/mol. The molecule has 0 atom stereocenters. The summed E-state index contributed by atoms with van der Waals surface area (Å²) in [5, 5.41) is 19.1. The van der Waals surface area contributed by atoms with Crippen molar-refractivity contribution in [2.45, 2.75) is 44.2 Å². The minimum absolute atomic E-state index is 0.00891. The maximum atomic E-state index is 13.2. The Morgan fingerprint density at radius 3 is 2.50 bits per heavy atom. The Morgan fingerprint density at radius 1 is 1.19 bits per heavy atom. The van der Waals surface area contributed by atoms with Gasteiger partial charge in [-0.2, -0.15) is 0 Å². The minimum Gasteiger partial charge on any atom is -0.497 e. The number of methoxy groups -OCH3 is 1. The number of carbonyl (C=O) groups excluding carboxylic acids is 1. The second-order valence-corrected chi connectivity index (χ2v) is 8.18. The second-order valence-electron chi connectivity index (χ2n) is 7.10. The van der Waals surface area contributed by atoms with Crippen LogP contribution in [0.4, 0.5) is 0 Å². The van der Waals surface area contributed by atoms with Crippen molar-refractivity contribution >= 4 is 29.1 Å². The van der Waals surface area contributed by atoms with Crippen LogP contribution in [0, 0.1) is 0 Å². The Kier molecular flexibility index (Phi) is 4.55. The number of hydrogen-bond donors (Lipinski definition) is 2. The van der Waals surface area contributed by atoms with Crippen molar-refractivity contribution < 1.29 is 19.6 Å². The lowest BCUT2D eigenvalue weighted by atomic mass is 9.76. The molecule has 1 saturated carbocycles. The molecule has 2 aromatic rings. The van der Waals surface area contributed by atoms with Gasteiger partial charge in [0.15, 0.2) is 0 Å². The van der Waals surface area contributed by atoms with E-state index < -0.39 is 7.12 Å². The van der Waals surface area contributed by atoms with Crippen molar-refractivity contribution in [1.29, 1.82) is 0 Å². The van der Waals surface area contributed by atoms with Crippen molar-refractivity contribution in [3.8, 4) is 5.75 Å². The van der Waals surface area contributed by atoms with E-state index in [1.165, 1.54) is 17.8 Å². The summed E-state index contributed by atoms with van der Waals surface area (Å²) in [6.07, 6.45) is 5.21. The highest BCUT2D eigenvalue weighted by Gasteiger charge is 2.51. The number of amides is 1. The maximum Gasteiger partial charge on any atom is 0.499 e. The van der Waals surface area contributed by atoms with Crippen LogP contribution >= 0.6 is 11.3 Å². The van der Waals surface area contributed by atoms with Gasteiger partial charge in [0, 0.05) is 16.9 Å². The molecule has 136 valence electrons. The zero-order valence-electron chi connectivity index (χ0n) is 14.8. The van der Waals surface area contributed by atoms with E-state index in [2.05, 4.69) is 0 Å². The van der Waals surface area contributed by atoms with E-state index in [1.54, 1.807) is 7.11 Å². The van der Waals surface area contributed by atoms with Gasteiger partial charge in [0.05, 0.1) is 17.5 Å². The topological polar surface area (TPSA) is 70.0 Å². The monoisotopic (exact) mass is 371 g/mol. The molecule has 1 aliphatic heterocycles. The number of rotatable bonds is 4. The molecule has 1 spiro atoms. The summed E-state index contributed by atoms with van der Waals surface area (Å²) in [5.41, 5.74) is 1.75. The van der Waals surface area contributed by atoms with E-state index >= 15 is 0 Å². The minimum atomic E-state index is -1.52. The van der Waals surface area contributed by atoms with Crippen LogP contribution in [0.25, 0.3) is 0 Å². The van der Waals surface area contributed by atoms with Crippen molar-refractivity contribution in [3.05, 3.63) is 46.3 Å². The van der Waals surface area contributed by atoms with Gasteiger partial charge in [-0.3, -0.25) is 4.79 Å². The van der Waals surface area contributed by atoms with Gasteiger partial charge in [0.1, 0.15) is 5.75 Å². The highest BCUT2D eigenvalue weighted by molar-refractivity contribution is 7.23. The predicted molar refractivity (Wildman–Crippen MR) is 102 cm³/mol. The molecule has 7 heteroatoms. The van der Waals surface area contributed by atoms with Crippen LogP contribution in [-0.4, -0.2) is 35.1 Å². The van der Waals surface area contributed by atoms with E-state index in [4.69, 9.17) is 4.74 Å². The average Bonchev–Trinajstić information content (AvgIpc) is 3.19. The van der Waals surface area contributed by atoms with Gasteiger partial charge in [-0.15, -0.1) is 11.3 Å². The quantitative estimate of drug-likeness (QED) is 0.809. The van der Waals surface area contributed by atoms with Crippen molar-refractivity contribution in [2.75, 3.05) is 7.11 Å². The lowest BCUT2D eigenvalue weighted by Gasteiger charge is -2.42. The van der Waals surface area contributed by atoms with Gasteiger partial charge in [-0.1, -0.05) is 31.4 Å². The summed E-state index contributed by atoms with van der Waals surface area (Å²) in [6.45, 7) is 0.557. The van der Waals surface area contributed by atoms with Crippen molar-refractivity contribution in [3.63, 3.8) is 0 Å². The van der Waals surface area contributed by atoms with Crippen LogP contribution in [0.5, 0.6) is 5.75 Å². The van der Waals surface area contributed by atoms with E-state index in [1.807, 2.05) is 35.2 Å². The van der Waals surface area contributed by atoms with E-state index in [0.29, 0.717) is 16.2 Å². The molecule has 0 bridgehead atoms. The first-order valence-electron chi connectivity index (χ1n) is 9.00. The summed E-state index contributed by atoms with van der Waals surface area (Å²) in [6, 6.07) is 9.66. The van der Waals surface area contributed by atoms with Gasteiger partial charge < -0.3 is 19.7 Å². The van der Waals surface area contributed by atoms with Crippen LogP contribution in [0.2, 0.25) is 0 Å². The summed E-state index contributed by atoms with van der Waals surface area (Å²) < 4.78 is 5.67. The summed E-state index contributed by atoms with van der Waals surface area (Å²) >= 11 is 1.21. The number of carbonyl (C=O) groups is 1. The number of nitrogens with zero attached hydrogens (tertiary/aromatic N) is 1. The number of benzene rings is 1. The Labute approximate surface area is 157 Å². The van der Waals surface area contributed by atoms with Gasteiger partial charge >= 0.3 is 7.12 Å². The molecule has 1 aliphatic carbocycles. The highest BCUT2D eigenvalue weighted by atomic mass is 32.1. The fourth-order valence-electron chi connectivity index (χ4n) is 4.32. The largest absolute Gasteiger partial charge is 0.499 e. The number of hydrogen-bond acceptors (Lipinski definition) is 5. The SMILES string of the molecule is COc1ccc(CN2C(=O)c3sc(B(O)O)cc3C23CCCCC3)cc1. The highest BCUT2D eigenvalue weighted by Crippen LogP contribution is 2.50. The maximum absolute atomic E-state index is 13.2. The molecular formula is C19H22BNO4S. The first kappa shape index (κ1) is 17.6. The molecule has 2 heterocycles.